The maximum Gasteiger partial charge on any atom is -0.0578 e. The van der Waals surface area contributed by atoms with Crippen molar-refractivity contribution in [3.63, 3.8) is 0 Å². The van der Waals surface area contributed by atoms with Crippen molar-refractivity contribution in [1.82, 2.24) is 0 Å². The first-order valence-corrected chi connectivity index (χ1v) is 10.3. The first-order chi connectivity index (χ1) is 4.81. The molecule has 0 aliphatic heterocycles. The van der Waals surface area contributed by atoms with Gasteiger partial charge in [-0.05, 0) is 0 Å². The number of hydrogen-bond donors (Lipinski definition) is 0. The predicted octanol–water partition coefficient (Wildman–Crippen LogP) is 1.59. The van der Waals surface area contributed by atoms with Crippen molar-refractivity contribution >= 4 is 25.3 Å². The molecule has 0 spiro atoms. The van der Waals surface area contributed by atoms with Crippen LogP contribution in [0.1, 0.15) is 26.7 Å². The lowest BCUT2D eigenvalue weighted by Crippen LogP contribution is -1.87. The molecule has 0 nitrogen and oxygen atoms in total. The smallest absolute Gasteiger partial charge is 0.0578 e. The third-order valence-corrected chi connectivity index (χ3v) is 12.0. The van der Waals surface area contributed by atoms with Gasteiger partial charge in [0.15, 0.2) is 0 Å². The molecular weight excluding hydrogens is 172 g/mol. The van der Waals surface area contributed by atoms with Crippen LogP contribution in [0.3, 0.4) is 0 Å². The molecular formula is C7H19SSi2-. The predicted molar refractivity (Wildman–Crippen MR) is 57.8 cm³/mol. The van der Waals surface area contributed by atoms with Gasteiger partial charge in [-0.1, -0.05) is 38.8 Å². The van der Waals surface area contributed by atoms with Crippen molar-refractivity contribution < 1.29 is 0 Å². The fourth-order valence-electron chi connectivity index (χ4n) is 0.676. The van der Waals surface area contributed by atoms with E-state index in [1.54, 1.807) is 0 Å². The summed E-state index contributed by atoms with van der Waals surface area (Å²) >= 11 is 0. The summed E-state index contributed by atoms with van der Waals surface area (Å²) in [6.45, 7) is 4.61. The van der Waals surface area contributed by atoms with E-state index in [9.17, 15) is 0 Å². The third kappa shape index (κ3) is 6.90. The molecule has 0 aliphatic carbocycles. The lowest BCUT2D eigenvalue weighted by Gasteiger charge is -2.00. The molecule has 3 heteroatoms. The van der Waals surface area contributed by atoms with E-state index in [0.717, 1.165) is 25.3 Å². The summed E-state index contributed by atoms with van der Waals surface area (Å²) in [5.74, 6) is 0. The molecule has 0 atom stereocenters. The molecule has 0 saturated carbocycles. The van der Waals surface area contributed by atoms with Gasteiger partial charge in [-0.3, -0.25) is 0 Å². The van der Waals surface area contributed by atoms with Gasteiger partial charge < -0.3 is 8.89 Å². The lowest BCUT2D eigenvalue weighted by molar-refractivity contribution is 1.08. The lowest BCUT2D eigenvalue weighted by atomic mass is 10.6. The molecule has 0 aliphatic rings. The Morgan fingerprint density at radius 3 is 1.70 bits per heavy atom. The molecule has 0 N–H and O–H groups in total. The van der Waals surface area contributed by atoms with E-state index in [2.05, 4.69) is 20.1 Å². The van der Waals surface area contributed by atoms with Gasteiger partial charge in [-0.25, -0.2) is 0 Å². The first-order valence-electron chi connectivity index (χ1n) is 4.11. The molecule has 62 valence electrons. The molecule has 0 radical (unpaired) electrons. The average molecular weight is 191 g/mol. The van der Waals surface area contributed by atoms with E-state index < -0.39 is 0 Å². The second kappa shape index (κ2) is 7.89. The fraction of sp³-hybridized carbons (Fsp3) is 1.00. The molecule has 0 aromatic heterocycles. The van der Waals surface area contributed by atoms with Crippen LogP contribution in [0, 0.1) is 0 Å². The highest BCUT2D eigenvalue weighted by Gasteiger charge is 1.66. The van der Waals surface area contributed by atoms with Crippen molar-refractivity contribution in [2.75, 3.05) is 6.26 Å². The van der Waals surface area contributed by atoms with Crippen molar-refractivity contribution in [2.45, 2.75) is 38.8 Å². The minimum absolute atomic E-state index is 0.830. The Bertz CT molecular complexity index is 132. The Morgan fingerprint density at radius 1 is 1.00 bits per heavy atom. The van der Waals surface area contributed by atoms with Crippen LogP contribution < -0.4 is 0 Å². The van der Waals surface area contributed by atoms with Gasteiger partial charge in [0.05, 0.1) is 0 Å². The Labute approximate surface area is 70.7 Å². The van der Waals surface area contributed by atoms with Gasteiger partial charge in [0, 0.05) is 0 Å². The summed E-state index contributed by atoms with van der Waals surface area (Å²) in [6, 6.07) is 3.08. The highest BCUT2D eigenvalue weighted by Crippen LogP contribution is 1.83. The number of rotatable bonds is 4. The topological polar surface area (TPSA) is 0 Å². The van der Waals surface area contributed by atoms with Crippen LogP contribution in [-0.4, -0.2) is 22.7 Å². The minimum Gasteiger partial charge on any atom is -0.504 e. The van der Waals surface area contributed by atoms with Gasteiger partial charge in [0.1, 0.15) is 0 Å². The summed E-state index contributed by atoms with van der Waals surface area (Å²) in [6.07, 6.45) is 5.31. The van der Waals surface area contributed by atoms with E-state index in [0.29, 0.717) is 0 Å². The first kappa shape index (κ1) is 10.8. The highest BCUT2D eigenvalue weighted by atomic mass is 32.4. The molecule has 0 rings (SSSR count). The summed E-state index contributed by atoms with van der Waals surface area (Å²) in [5.41, 5.74) is 0. The molecule has 10 heavy (non-hydrogen) atoms. The van der Waals surface area contributed by atoms with E-state index in [1.165, 1.54) is 24.9 Å². The van der Waals surface area contributed by atoms with Crippen LogP contribution in [0.25, 0.3) is 0 Å². The molecule has 0 unspecified atom stereocenters. The normalized spacial score (nSPS) is 14.3. The SMILES string of the molecule is CCC[SiH]=[S-](C)=[SiH]CCC. The molecule has 0 aromatic rings. The average Bonchev–Trinajstić information content (AvgIpc) is 1.97. The summed E-state index contributed by atoms with van der Waals surface area (Å²) in [4.78, 5) is 0. The van der Waals surface area contributed by atoms with E-state index in [4.69, 9.17) is 0 Å². The van der Waals surface area contributed by atoms with Crippen molar-refractivity contribution in [3.05, 3.63) is 0 Å². The quantitative estimate of drug-likeness (QED) is 0.468. The van der Waals surface area contributed by atoms with Crippen LogP contribution >= 0.6 is 0 Å². The van der Waals surface area contributed by atoms with Crippen LogP contribution in [0.5, 0.6) is 0 Å². The van der Waals surface area contributed by atoms with Gasteiger partial charge >= 0.3 is 0 Å². The Morgan fingerprint density at radius 2 is 1.40 bits per heavy atom. The molecule has 0 heterocycles. The summed E-state index contributed by atoms with van der Waals surface area (Å²) < 4.78 is 0. The van der Waals surface area contributed by atoms with Crippen LogP contribution in [-0.2, 0) is 8.89 Å². The van der Waals surface area contributed by atoms with E-state index >= 15 is 0 Å². The van der Waals surface area contributed by atoms with Crippen LogP contribution in [0.15, 0.2) is 0 Å². The molecule has 0 bridgehead atoms. The Balaban J connectivity index is 3.66. The second-order valence-electron chi connectivity index (χ2n) is 2.52. The van der Waals surface area contributed by atoms with Crippen molar-refractivity contribution in [3.8, 4) is 0 Å². The van der Waals surface area contributed by atoms with Crippen molar-refractivity contribution in [2.24, 2.45) is 0 Å². The molecule has 0 aromatic carbocycles. The zero-order valence-electron chi connectivity index (χ0n) is 7.39. The van der Waals surface area contributed by atoms with E-state index in [1.807, 2.05) is 0 Å². The monoisotopic (exact) mass is 191 g/mol. The largest absolute Gasteiger partial charge is 0.504 e. The zero-order valence-corrected chi connectivity index (χ0v) is 10.5. The maximum atomic E-state index is 2.48. The molecule has 0 saturated heterocycles. The zero-order chi connectivity index (χ0) is 7.82. The Kier molecular flexibility index (Phi) is 8.50. The minimum atomic E-state index is 0.830. The van der Waals surface area contributed by atoms with Crippen LogP contribution in [0.2, 0.25) is 12.1 Å². The van der Waals surface area contributed by atoms with Gasteiger partial charge in [0.25, 0.3) is 0 Å². The van der Waals surface area contributed by atoms with Crippen molar-refractivity contribution in [1.29, 1.82) is 0 Å². The summed E-state index contributed by atoms with van der Waals surface area (Å²) in [5, 5.41) is 0. The van der Waals surface area contributed by atoms with Gasteiger partial charge in [-0.2, -0.15) is 22.7 Å². The fourth-order valence-corrected chi connectivity index (χ4v) is 9.75. The van der Waals surface area contributed by atoms with Gasteiger partial charge in [-0.15, -0.1) is 0 Å². The van der Waals surface area contributed by atoms with Crippen LogP contribution in [0.4, 0.5) is 0 Å². The number of hydrogen-bond acceptors (Lipinski definition) is 1. The third-order valence-electron chi connectivity index (χ3n) is 1.34. The molecule has 0 amide bonds. The Hall–Kier alpha value is 0.784. The van der Waals surface area contributed by atoms with Gasteiger partial charge in [0.2, 0.25) is 0 Å². The summed E-state index contributed by atoms with van der Waals surface area (Å²) in [7, 11) is 2.56. The maximum absolute atomic E-state index is 2.48. The van der Waals surface area contributed by atoms with E-state index in [-0.39, 0.29) is 0 Å². The standard InChI is InChI=1S/C7H19SSi2/c1-4-6-9-8(3)10-7-5-2/h9-10H,4-7H2,1-3H3/q-1. The molecule has 0 fully saturated rings. The highest BCUT2D eigenvalue weighted by molar-refractivity contribution is 8.03. The second-order valence-corrected chi connectivity index (χ2v) is 13.6.